The van der Waals surface area contributed by atoms with Gasteiger partial charge in [-0.25, -0.2) is 4.68 Å². The van der Waals surface area contributed by atoms with Gasteiger partial charge in [-0.3, -0.25) is 4.79 Å². The van der Waals surface area contributed by atoms with Gasteiger partial charge in [0.1, 0.15) is 0 Å². The Bertz CT molecular complexity index is 621. The van der Waals surface area contributed by atoms with Crippen LogP contribution >= 0.6 is 0 Å². The predicted molar refractivity (Wildman–Crippen MR) is 73.5 cm³/mol. The zero-order chi connectivity index (χ0) is 14.7. The van der Waals surface area contributed by atoms with Gasteiger partial charge in [0, 0.05) is 6.42 Å². The van der Waals surface area contributed by atoms with Crippen LogP contribution in [0, 0.1) is 13.8 Å². The molecule has 0 fully saturated rings. The van der Waals surface area contributed by atoms with Gasteiger partial charge in [0.05, 0.1) is 12.5 Å². The van der Waals surface area contributed by atoms with Gasteiger partial charge < -0.3 is 5.11 Å². The van der Waals surface area contributed by atoms with Crippen LogP contribution in [-0.4, -0.2) is 31.3 Å². The summed E-state index contributed by atoms with van der Waals surface area (Å²) >= 11 is 0. The third-order valence-corrected chi connectivity index (χ3v) is 3.30. The molecule has 0 aliphatic rings. The summed E-state index contributed by atoms with van der Waals surface area (Å²) in [6.07, 6.45) is 0.606. The van der Waals surface area contributed by atoms with Gasteiger partial charge in [-0.1, -0.05) is 23.8 Å². The van der Waals surface area contributed by atoms with Gasteiger partial charge in [0.2, 0.25) is 0 Å². The summed E-state index contributed by atoms with van der Waals surface area (Å²) in [6, 6.07) is 5.98. The van der Waals surface area contributed by atoms with E-state index < -0.39 is 5.97 Å². The van der Waals surface area contributed by atoms with E-state index in [1.165, 1.54) is 11.1 Å². The minimum Gasteiger partial charge on any atom is -0.481 e. The molecule has 0 saturated heterocycles. The van der Waals surface area contributed by atoms with Crippen molar-refractivity contribution < 1.29 is 9.90 Å². The molecule has 1 aromatic carbocycles. The van der Waals surface area contributed by atoms with E-state index in [0.717, 1.165) is 5.56 Å². The van der Waals surface area contributed by atoms with E-state index in [1.54, 1.807) is 11.6 Å². The highest BCUT2D eigenvalue weighted by Crippen LogP contribution is 2.17. The van der Waals surface area contributed by atoms with Crippen LogP contribution in [0.4, 0.5) is 0 Å². The fourth-order valence-electron chi connectivity index (χ4n) is 2.17. The van der Waals surface area contributed by atoms with E-state index in [4.69, 9.17) is 5.11 Å². The first-order valence-electron chi connectivity index (χ1n) is 6.52. The molecule has 1 heterocycles. The van der Waals surface area contributed by atoms with E-state index in [2.05, 4.69) is 33.7 Å². The highest BCUT2D eigenvalue weighted by molar-refractivity contribution is 5.67. The molecule has 1 unspecified atom stereocenters. The second kappa shape index (κ2) is 5.81. The van der Waals surface area contributed by atoms with Gasteiger partial charge in [0.25, 0.3) is 0 Å². The summed E-state index contributed by atoms with van der Waals surface area (Å²) in [7, 11) is 0. The maximum atomic E-state index is 10.8. The first-order valence-corrected chi connectivity index (χ1v) is 6.52. The van der Waals surface area contributed by atoms with Gasteiger partial charge in [-0.05, 0) is 42.3 Å². The second-order valence-electron chi connectivity index (χ2n) is 5.09. The van der Waals surface area contributed by atoms with E-state index in [0.29, 0.717) is 12.2 Å². The first-order chi connectivity index (χ1) is 9.47. The van der Waals surface area contributed by atoms with Crippen molar-refractivity contribution in [2.45, 2.75) is 39.7 Å². The lowest BCUT2D eigenvalue weighted by Crippen LogP contribution is -2.15. The van der Waals surface area contributed by atoms with Crippen molar-refractivity contribution >= 4 is 5.97 Å². The fraction of sp³-hybridized carbons (Fsp3) is 0.429. The Morgan fingerprint density at radius 3 is 2.85 bits per heavy atom. The third kappa shape index (κ3) is 3.20. The van der Waals surface area contributed by atoms with Crippen molar-refractivity contribution in [1.29, 1.82) is 0 Å². The van der Waals surface area contributed by atoms with Crippen LogP contribution in [0.15, 0.2) is 18.2 Å². The molecular formula is C14H18N4O2. The maximum absolute atomic E-state index is 10.8. The lowest BCUT2D eigenvalue weighted by atomic mass is 10.0. The predicted octanol–water partition coefficient (Wildman–Crippen LogP) is 1.92. The normalized spacial score (nSPS) is 12.3. The Labute approximate surface area is 117 Å². The number of benzene rings is 1. The molecule has 6 heteroatoms. The van der Waals surface area contributed by atoms with Gasteiger partial charge in [-0.2, -0.15) is 0 Å². The molecule has 0 aliphatic heterocycles. The molecule has 0 bridgehead atoms. The number of nitrogens with zero attached hydrogens (tertiary/aromatic N) is 4. The fourth-order valence-corrected chi connectivity index (χ4v) is 2.17. The van der Waals surface area contributed by atoms with Gasteiger partial charge in [-0.15, -0.1) is 5.10 Å². The Morgan fingerprint density at radius 2 is 2.15 bits per heavy atom. The number of hydrogen-bond donors (Lipinski definition) is 1. The molecule has 0 radical (unpaired) electrons. The maximum Gasteiger partial charge on any atom is 0.305 e. The number of carboxylic acid groups (broad SMARTS) is 1. The van der Waals surface area contributed by atoms with E-state index in [9.17, 15) is 4.79 Å². The molecule has 2 rings (SSSR count). The van der Waals surface area contributed by atoms with Crippen molar-refractivity contribution in [3.8, 4) is 0 Å². The molecule has 1 N–H and O–H groups in total. The topological polar surface area (TPSA) is 80.9 Å². The van der Waals surface area contributed by atoms with Crippen molar-refractivity contribution in [2.75, 3.05) is 0 Å². The summed E-state index contributed by atoms with van der Waals surface area (Å²) in [4.78, 5) is 10.8. The summed E-state index contributed by atoms with van der Waals surface area (Å²) in [5, 5.41) is 20.5. The molecule has 6 nitrogen and oxygen atoms in total. The number of tetrazole rings is 1. The highest BCUT2D eigenvalue weighted by atomic mass is 16.4. The van der Waals surface area contributed by atoms with Crippen molar-refractivity contribution in [3.63, 3.8) is 0 Å². The van der Waals surface area contributed by atoms with E-state index >= 15 is 0 Å². The molecular weight excluding hydrogens is 256 g/mol. The molecule has 0 spiro atoms. The minimum atomic E-state index is -0.856. The zero-order valence-electron chi connectivity index (χ0n) is 11.9. The first kappa shape index (κ1) is 14.2. The van der Waals surface area contributed by atoms with Crippen LogP contribution in [0.5, 0.6) is 0 Å². The average molecular weight is 274 g/mol. The zero-order valence-corrected chi connectivity index (χ0v) is 11.9. The Morgan fingerprint density at radius 1 is 1.40 bits per heavy atom. The molecule has 1 aromatic heterocycles. The number of aliphatic carboxylic acids is 1. The van der Waals surface area contributed by atoms with E-state index in [1.807, 2.05) is 13.8 Å². The van der Waals surface area contributed by atoms with Crippen LogP contribution in [0.25, 0.3) is 0 Å². The number of carbonyl (C=O) groups is 1. The van der Waals surface area contributed by atoms with Crippen LogP contribution in [0.3, 0.4) is 0 Å². The summed E-state index contributed by atoms with van der Waals surface area (Å²) in [6.45, 7) is 5.89. The number of hydrogen-bond acceptors (Lipinski definition) is 4. The molecule has 1 atom stereocenters. The second-order valence-corrected chi connectivity index (χ2v) is 5.09. The van der Waals surface area contributed by atoms with Crippen molar-refractivity contribution in [3.05, 3.63) is 40.7 Å². The quantitative estimate of drug-likeness (QED) is 0.900. The van der Waals surface area contributed by atoms with Crippen LogP contribution in [0.2, 0.25) is 0 Å². The number of carboxylic acids is 1. The molecule has 2 aromatic rings. The summed E-state index contributed by atoms with van der Waals surface area (Å²) in [5.41, 5.74) is 3.52. The standard InChI is InChI=1S/C14H18N4O2/c1-9-4-5-10(2)12(6-9)8-13-15-16-17-18(13)11(3)7-14(19)20/h4-6,11H,7-8H2,1-3H3,(H,19,20). The molecule has 0 amide bonds. The van der Waals surface area contributed by atoms with Gasteiger partial charge >= 0.3 is 5.97 Å². The molecule has 0 aliphatic carbocycles. The lowest BCUT2D eigenvalue weighted by molar-refractivity contribution is -0.137. The van der Waals surface area contributed by atoms with Crippen molar-refractivity contribution in [1.82, 2.24) is 20.2 Å². The summed E-state index contributed by atoms with van der Waals surface area (Å²) < 4.78 is 1.59. The number of rotatable bonds is 5. The Hall–Kier alpha value is -2.24. The Balaban J connectivity index is 2.24. The molecule has 106 valence electrons. The third-order valence-electron chi connectivity index (χ3n) is 3.30. The largest absolute Gasteiger partial charge is 0.481 e. The molecule has 0 saturated carbocycles. The minimum absolute atomic E-state index is 0.00480. The van der Waals surface area contributed by atoms with Crippen molar-refractivity contribution in [2.24, 2.45) is 0 Å². The number of aryl methyl sites for hydroxylation is 2. The summed E-state index contributed by atoms with van der Waals surface area (Å²) in [5.74, 6) is -0.168. The monoisotopic (exact) mass is 274 g/mol. The van der Waals surface area contributed by atoms with Gasteiger partial charge in [0.15, 0.2) is 5.82 Å². The lowest BCUT2D eigenvalue weighted by Gasteiger charge is -2.12. The average Bonchev–Trinajstić information content (AvgIpc) is 2.81. The Kier molecular flexibility index (Phi) is 4.12. The highest BCUT2D eigenvalue weighted by Gasteiger charge is 2.16. The van der Waals surface area contributed by atoms with E-state index in [-0.39, 0.29) is 12.5 Å². The smallest absolute Gasteiger partial charge is 0.305 e. The number of aromatic nitrogens is 4. The SMILES string of the molecule is Cc1ccc(C)c(Cc2nnnn2C(C)CC(=O)O)c1. The van der Waals surface area contributed by atoms with Crippen LogP contribution in [-0.2, 0) is 11.2 Å². The molecule has 20 heavy (non-hydrogen) atoms. The van der Waals surface area contributed by atoms with Crippen LogP contribution < -0.4 is 0 Å². The van der Waals surface area contributed by atoms with Crippen LogP contribution in [0.1, 0.15) is 41.9 Å².